The van der Waals surface area contributed by atoms with E-state index < -0.39 is 6.04 Å². The van der Waals surface area contributed by atoms with Crippen molar-refractivity contribution in [2.45, 2.75) is 13.0 Å². The topological polar surface area (TPSA) is 81.1 Å². The van der Waals surface area contributed by atoms with Crippen LogP contribution >= 0.6 is 11.3 Å². The summed E-state index contributed by atoms with van der Waals surface area (Å²) in [6, 6.07) is 20.7. The van der Waals surface area contributed by atoms with Crippen LogP contribution in [-0.2, 0) is 4.79 Å². The van der Waals surface area contributed by atoms with Crippen LogP contribution in [0.3, 0.4) is 0 Å². The summed E-state index contributed by atoms with van der Waals surface area (Å²) >= 11 is 1.58. The molecule has 7 nitrogen and oxygen atoms in total. The summed E-state index contributed by atoms with van der Waals surface area (Å²) in [6.45, 7) is 1.89. The number of rotatable bonds is 5. The number of para-hydroxylation sites is 2. The van der Waals surface area contributed by atoms with Gasteiger partial charge in [-0.2, -0.15) is 4.98 Å². The number of methoxy groups -OCH3 is 1. The molecule has 1 aliphatic heterocycles. The molecule has 5 rings (SSSR count). The summed E-state index contributed by atoms with van der Waals surface area (Å²) < 4.78 is 7.19. The fourth-order valence-corrected chi connectivity index (χ4v) is 4.62. The monoisotopic (exact) mass is 443 g/mol. The van der Waals surface area contributed by atoms with Crippen LogP contribution in [-0.4, -0.2) is 27.8 Å². The Kier molecular flexibility index (Phi) is 5.20. The van der Waals surface area contributed by atoms with E-state index in [0.717, 1.165) is 16.1 Å². The smallest absolute Gasteiger partial charge is 0.256 e. The third kappa shape index (κ3) is 3.54. The van der Waals surface area contributed by atoms with E-state index in [-0.39, 0.29) is 5.91 Å². The van der Waals surface area contributed by atoms with Gasteiger partial charge in [-0.3, -0.25) is 4.79 Å². The van der Waals surface area contributed by atoms with Crippen LogP contribution in [0.4, 0.5) is 11.6 Å². The average Bonchev–Trinajstić information content (AvgIpc) is 3.49. The van der Waals surface area contributed by atoms with Gasteiger partial charge in [-0.1, -0.05) is 48.5 Å². The van der Waals surface area contributed by atoms with Crippen LogP contribution in [0.2, 0.25) is 0 Å². The van der Waals surface area contributed by atoms with Crippen molar-refractivity contribution in [1.82, 2.24) is 14.8 Å². The lowest BCUT2D eigenvalue weighted by molar-refractivity contribution is -0.113. The van der Waals surface area contributed by atoms with E-state index in [0.29, 0.717) is 28.8 Å². The molecule has 0 spiro atoms. The molecular formula is C24H21N5O2S. The summed E-state index contributed by atoms with van der Waals surface area (Å²) in [5.74, 6) is 1.59. The van der Waals surface area contributed by atoms with Gasteiger partial charge >= 0.3 is 0 Å². The maximum Gasteiger partial charge on any atom is 0.256 e. The molecule has 8 heteroatoms. The minimum Gasteiger partial charge on any atom is -0.495 e. The number of ether oxygens (including phenoxy) is 1. The van der Waals surface area contributed by atoms with Crippen LogP contribution in [0.15, 0.2) is 83.4 Å². The second-order valence-electron chi connectivity index (χ2n) is 7.31. The van der Waals surface area contributed by atoms with E-state index in [4.69, 9.17) is 14.8 Å². The van der Waals surface area contributed by atoms with Gasteiger partial charge in [-0.25, -0.2) is 4.68 Å². The molecule has 0 fully saturated rings. The van der Waals surface area contributed by atoms with Crippen LogP contribution in [0, 0.1) is 0 Å². The maximum absolute atomic E-state index is 13.5. The molecule has 1 amide bonds. The Morgan fingerprint density at radius 1 is 1.09 bits per heavy atom. The van der Waals surface area contributed by atoms with Crippen LogP contribution in [0.5, 0.6) is 5.75 Å². The number of thiophene rings is 1. The number of allylic oxidation sites excluding steroid dienone is 1. The summed E-state index contributed by atoms with van der Waals surface area (Å²) in [4.78, 5) is 19.2. The normalized spacial score (nSPS) is 15.1. The zero-order valence-electron chi connectivity index (χ0n) is 17.6. The highest BCUT2D eigenvalue weighted by Crippen LogP contribution is 2.38. The highest BCUT2D eigenvalue weighted by atomic mass is 32.1. The summed E-state index contributed by atoms with van der Waals surface area (Å²) in [5, 5.41) is 13.0. The van der Waals surface area contributed by atoms with E-state index in [2.05, 4.69) is 10.6 Å². The number of hydrogen-bond donors (Lipinski definition) is 2. The number of anilines is 2. The zero-order valence-corrected chi connectivity index (χ0v) is 18.4. The quantitative estimate of drug-likeness (QED) is 0.457. The predicted molar refractivity (Wildman–Crippen MR) is 126 cm³/mol. The van der Waals surface area contributed by atoms with Crippen LogP contribution < -0.4 is 15.4 Å². The molecule has 2 aromatic carbocycles. The van der Waals surface area contributed by atoms with Crippen molar-refractivity contribution in [3.63, 3.8) is 0 Å². The molecule has 4 aromatic rings. The molecule has 0 unspecified atom stereocenters. The molecule has 0 radical (unpaired) electrons. The summed E-state index contributed by atoms with van der Waals surface area (Å²) in [6.07, 6.45) is 0. The van der Waals surface area contributed by atoms with Gasteiger partial charge in [0.05, 0.1) is 18.4 Å². The Morgan fingerprint density at radius 2 is 1.88 bits per heavy atom. The maximum atomic E-state index is 13.5. The van der Waals surface area contributed by atoms with Crippen LogP contribution in [0.1, 0.15) is 17.8 Å². The summed E-state index contributed by atoms with van der Waals surface area (Å²) in [5.41, 5.74) is 2.84. The second kappa shape index (κ2) is 8.32. The minimum atomic E-state index is -0.397. The van der Waals surface area contributed by atoms with Crippen molar-refractivity contribution in [2.24, 2.45) is 0 Å². The van der Waals surface area contributed by atoms with Crippen molar-refractivity contribution in [2.75, 3.05) is 17.7 Å². The minimum absolute atomic E-state index is 0.222. The number of aromatic nitrogens is 3. The Bertz CT molecular complexity index is 1300. The first-order valence-corrected chi connectivity index (χ1v) is 11.0. The van der Waals surface area contributed by atoms with Gasteiger partial charge in [0.15, 0.2) is 5.82 Å². The van der Waals surface area contributed by atoms with Gasteiger partial charge in [-0.05, 0) is 30.5 Å². The molecular weight excluding hydrogens is 422 g/mol. The number of hydrogen-bond acceptors (Lipinski definition) is 6. The SMILES string of the molecule is COc1ccccc1NC(=O)C1=C(C)Nc2nc(-c3ccccc3)nn2[C@H]1c1cccs1. The van der Waals surface area contributed by atoms with E-state index >= 15 is 0 Å². The van der Waals surface area contributed by atoms with Crippen molar-refractivity contribution in [3.8, 4) is 17.1 Å². The van der Waals surface area contributed by atoms with Gasteiger partial charge in [0.2, 0.25) is 5.95 Å². The number of carbonyl (C=O) groups excluding carboxylic acids is 1. The Hall–Kier alpha value is -3.91. The second-order valence-corrected chi connectivity index (χ2v) is 8.28. The van der Waals surface area contributed by atoms with Crippen molar-refractivity contribution in [3.05, 3.63) is 88.3 Å². The van der Waals surface area contributed by atoms with Gasteiger partial charge < -0.3 is 15.4 Å². The lowest BCUT2D eigenvalue weighted by Gasteiger charge is -2.27. The highest BCUT2D eigenvalue weighted by molar-refractivity contribution is 7.10. The van der Waals surface area contributed by atoms with E-state index in [1.165, 1.54) is 0 Å². The Labute approximate surface area is 189 Å². The van der Waals surface area contributed by atoms with Gasteiger partial charge in [-0.15, -0.1) is 16.4 Å². The third-order valence-electron chi connectivity index (χ3n) is 5.30. The number of benzene rings is 2. The van der Waals surface area contributed by atoms with E-state index in [1.807, 2.05) is 79.0 Å². The number of amides is 1. The molecule has 1 atom stereocenters. The molecule has 0 saturated carbocycles. The van der Waals surface area contributed by atoms with Crippen LogP contribution in [0.25, 0.3) is 11.4 Å². The first-order valence-electron chi connectivity index (χ1n) is 10.1. The number of nitrogens with one attached hydrogen (secondary N) is 2. The largest absolute Gasteiger partial charge is 0.495 e. The number of carbonyl (C=O) groups is 1. The predicted octanol–water partition coefficient (Wildman–Crippen LogP) is 4.94. The molecule has 32 heavy (non-hydrogen) atoms. The molecule has 2 N–H and O–H groups in total. The first-order chi connectivity index (χ1) is 15.7. The van der Waals surface area contributed by atoms with Crippen molar-refractivity contribution < 1.29 is 9.53 Å². The molecule has 3 heterocycles. The molecule has 1 aliphatic rings. The first kappa shape index (κ1) is 20.0. The Morgan fingerprint density at radius 3 is 2.62 bits per heavy atom. The third-order valence-corrected chi connectivity index (χ3v) is 6.22. The number of nitrogens with zero attached hydrogens (tertiary/aromatic N) is 3. The van der Waals surface area contributed by atoms with E-state index in [1.54, 1.807) is 23.1 Å². The fraction of sp³-hybridized carbons (Fsp3) is 0.125. The standard InChI is InChI=1S/C24H21N5O2S/c1-15-20(23(30)26-17-11-6-7-12-18(17)31-2)21(19-13-8-14-32-19)29-24(25-15)27-22(28-29)16-9-4-3-5-10-16/h3-14,21H,1-2H3,(H,26,30)(H,25,27,28)/t21-/m0/s1. The van der Waals surface area contributed by atoms with Gasteiger partial charge in [0.25, 0.3) is 5.91 Å². The average molecular weight is 444 g/mol. The Balaban J connectivity index is 1.57. The van der Waals surface area contributed by atoms with Gasteiger partial charge in [0, 0.05) is 16.1 Å². The fourth-order valence-electron chi connectivity index (χ4n) is 3.80. The number of fused-ring (bicyclic) bond motifs is 1. The lowest BCUT2D eigenvalue weighted by atomic mass is 10.0. The van der Waals surface area contributed by atoms with E-state index in [9.17, 15) is 4.79 Å². The molecule has 0 saturated heterocycles. The molecule has 0 aliphatic carbocycles. The summed E-state index contributed by atoms with van der Waals surface area (Å²) in [7, 11) is 1.58. The van der Waals surface area contributed by atoms with Crippen molar-refractivity contribution >= 4 is 28.9 Å². The molecule has 2 aromatic heterocycles. The zero-order chi connectivity index (χ0) is 22.1. The van der Waals surface area contributed by atoms with Crippen molar-refractivity contribution in [1.29, 1.82) is 0 Å². The molecule has 160 valence electrons. The lowest BCUT2D eigenvalue weighted by Crippen LogP contribution is -2.31. The highest BCUT2D eigenvalue weighted by Gasteiger charge is 2.35. The van der Waals surface area contributed by atoms with Gasteiger partial charge in [0.1, 0.15) is 11.8 Å². The molecule has 0 bridgehead atoms.